The summed E-state index contributed by atoms with van der Waals surface area (Å²) < 4.78 is 108. The van der Waals surface area contributed by atoms with E-state index in [0.717, 1.165) is 23.3 Å². The van der Waals surface area contributed by atoms with E-state index in [2.05, 4.69) is 20.8 Å². The zero-order chi connectivity index (χ0) is 51.0. The topological polar surface area (TPSA) is 96.0 Å². The summed E-state index contributed by atoms with van der Waals surface area (Å²) in [5.41, 5.74) is -3.08. The quantitative estimate of drug-likeness (QED) is 0.0574. The van der Waals surface area contributed by atoms with Gasteiger partial charge < -0.3 is 18.3 Å². The lowest BCUT2D eigenvalue weighted by Crippen LogP contribution is -2.40. The molecule has 0 amide bonds. The van der Waals surface area contributed by atoms with Crippen LogP contribution in [0.4, 0.5) is 26.3 Å². The molecular weight excluding hydrogens is 899 g/mol. The molecule has 0 saturated carbocycles. The normalized spacial score (nSPS) is 13.9. The molecule has 2 unspecified atom stereocenters. The Morgan fingerprint density at radius 2 is 1.01 bits per heavy atom. The molecule has 0 bridgehead atoms. The van der Waals surface area contributed by atoms with Crippen molar-refractivity contribution < 1.29 is 49.4 Å². The zero-order valence-corrected chi connectivity index (χ0v) is 41.2. The maximum Gasteiger partial charge on any atom is 0.417 e. The second kappa shape index (κ2) is 20.0. The van der Waals surface area contributed by atoms with Crippen LogP contribution in [0.2, 0.25) is 0 Å². The van der Waals surface area contributed by atoms with Crippen LogP contribution in [-0.4, -0.2) is 23.8 Å². The molecule has 0 N–H and O–H groups in total. The second-order valence-electron chi connectivity index (χ2n) is 21.4. The van der Waals surface area contributed by atoms with Gasteiger partial charge in [-0.2, -0.15) is 26.3 Å². The summed E-state index contributed by atoms with van der Waals surface area (Å²) in [7, 11) is 0. The van der Waals surface area contributed by atoms with Crippen molar-refractivity contribution >= 4 is 27.9 Å². The van der Waals surface area contributed by atoms with Crippen LogP contribution in [0.3, 0.4) is 0 Å². The number of halogens is 6. The molecule has 0 spiro atoms. The minimum atomic E-state index is -4.69. The van der Waals surface area contributed by atoms with Gasteiger partial charge in [-0.05, 0) is 125 Å². The molecule has 6 aromatic rings. The SMILES string of the molecule is Cc1ccc(-c2cc3ccc(CCC(CCc4ccc5cc(-c6ccc(C)cc6C(F)(F)F)c(=O)oc5c4)OC(C)CC(C)(C)OC(=O)C(CC(C)(C)C)C(C)(C)C)cc3oc2=O)c(C(F)(F)F)c1. The number of esters is 1. The lowest BCUT2D eigenvalue weighted by atomic mass is 9.72. The Morgan fingerprint density at radius 1 is 0.580 bits per heavy atom. The van der Waals surface area contributed by atoms with E-state index in [4.69, 9.17) is 18.3 Å². The van der Waals surface area contributed by atoms with Crippen LogP contribution in [-0.2, 0) is 39.5 Å². The number of rotatable bonds is 15. The van der Waals surface area contributed by atoms with E-state index in [1.807, 2.05) is 53.7 Å². The standard InChI is InChI=1S/C56H62F6O7/c1-32-12-22-40(44(24-32)55(57,58)59)42-28-37-18-14-35(26-47(37)67-49(42)63)16-20-39(66-34(3)30-54(10,11)69-51(65)46(53(7,8)9)31-52(4,5)6)21-17-36-15-19-38-29-43(50(64)68-48(38)27-36)41-23-13-33(2)25-45(41)56(60,61)62/h12-15,18-19,22-29,34,39,46H,16-17,20-21,30-31H2,1-11H3. The van der Waals surface area contributed by atoms with Crippen molar-refractivity contribution in [2.24, 2.45) is 16.7 Å². The van der Waals surface area contributed by atoms with E-state index < -0.39 is 40.3 Å². The molecule has 2 atom stereocenters. The highest BCUT2D eigenvalue weighted by atomic mass is 19.4. The molecule has 2 aromatic heterocycles. The number of fused-ring (bicyclic) bond motifs is 2. The highest BCUT2D eigenvalue weighted by Crippen LogP contribution is 2.41. The Bertz CT molecular complexity index is 2780. The summed E-state index contributed by atoms with van der Waals surface area (Å²) in [4.78, 5) is 40.2. The largest absolute Gasteiger partial charge is 0.459 e. The summed E-state index contributed by atoms with van der Waals surface area (Å²) >= 11 is 0. The molecule has 0 saturated heterocycles. The lowest BCUT2D eigenvalue weighted by Gasteiger charge is -2.37. The van der Waals surface area contributed by atoms with Crippen LogP contribution in [0, 0.1) is 30.6 Å². The first-order valence-corrected chi connectivity index (χ1v) is 23.3. The number of hydrogen-bond donors (Lipinski definition) is 0. The van der Waals surface area contributed by atoms with Gasteiger partial charge in [0.15, 0.2) is 0 Å². The summed E-state index contributed by atoms with van der Waals surface area (Å²) in [6.45, 7) is 21.1. The van der Waals surface area contributed by atoms with Gasteiger partial charge in [0.25, 0.3) is 0 Å². The molecular formula is C56H62F6O7. The van der Waals surface area contributed by atoms with Crippen LogP contribution >= 0.6 is 0 Å². The predicted molar refractivity (Wildman–Crippen MR) is 258 cm³/mol. The van der Waals surface area contributed by atoms with Gasteiger partial charge in [-0.15, -0.1) is 0 Å². The minimum absolute atomic E-state index is 0.104. The average molecular weight is 961 g/mol. The van der Waals surface area contributed by atoms with Crippen molar-refractivity contribution in [3.8, 4) is 22.3 Å². The molecule has 2 heterocycles. The van der Waals surface area contributed by atoms with E-state index in [-0.39, 0.29) is 68.3 Å². The van der Waals surface area contributed by atoms with Crippen LogP contribution < -0.4 is 11.3 Å². The smallest absolute Gasteiger partial charge is 0.417 e. The third kappa shape index (κ3) is 13.6. The fourth-order valence-electron chi connectivity index (χ4n) is 9.00. The lowest BCUT2D eigenvalue weighted by molar-refractivity contribution is -0.171. The third-order valence-corrected chi connectivity index (χ3v) is 12.4. The fraction of sp³-hybridized carbons (Fsp3) is 0.446. The van der Waals surface area contributed by atoms with Gasteiger partial charge in [0.2, 0.25) is 0 Å². The molecule has 6 rings (SSSR count). The predicted octanol–water partition coefficient (Wildman–Crippen LogP) is 15.0. The van der Waals surface area contributed by atoms with E-state index in [1.54, 1.807) is 38.1 Å². The number of alkyl halides is 6. The number of hydrogen-bond acceptors (Lipinski definition) is 7. The van der Waals surface area contributed by atoms with Gasteiger partial charge >= 0.3 is 29.6 Å². The molecule has 13 heteroatoms. The molecule has 0 aliphatic rings. The zero-order valence-electron chi connectivity index (χ0n) is 41.2. The van der Waals surface area contributed by atoms with Gasteiger partial charge in [0.05, 0.1) is 40.4 Å². The first kappa shape index (κ1) is 52.7. The maximum absolute atomic E-state index is 14.0. The first-order valence-electron chi connectivity index (χ1n) is 23.3. The number of carbonyl (C=O) groups is 1. The number of benzene rings is 4. The summed E-state index contributed by atoms with van der Waals surface area (Å²) in [5.74, 6) is -0.604. The minimum Gasteiger partial charge on any atom is -0.459 e. The molecule has 4 aromatic carbocycles. The van der Waals surface area contributed by atoms with Crippen molar-refractivity contribution in [1.29, 1.82) is 0 Å². The van der Waals surface area contributed by atoms with Crippen molar-refractivity contribution in [3.05, 3.63) is 139 Å². The molecule has 0 fully saturated rings. The van der Waals surface area contributed by atoms with E-state index in [1.165, 1.54) is 36.4 Å². The summed E-state index contributed by atoms with van der Waals surface area (Å²) in [5, 5.41) is 0.900. The highest BCUT2D eigenvalue weighted by Gasteiger charge is 2.40. The van der Waals surface area contributed by atoms with Gasteiger partial charge in [0.1, 0.15) is 16.8 Å². The van der Waals surface area contributed by atoms with Crippen molar-refractivity contribution in [2.45, 2.75) is 145 Å². The highest BCUT2D eigenvalue weighted by molar-refractivity contribution is 5.84. The maximum atomic E-state index is 14.0. The fourth-order valence-corrected chi connectivity index (χ4v) is 9.00. The van der Waals surface area contributed by atoms with E-state index in [9.17, 15) is 40.7 Å². The molecule has 370 valence electrons. The second-order valence-corrected chi connectivity index (χ2v) is 21.4. The Hall–Kier alpha value is -5.69. The van der Waals surface area contributed by atoms with Crippen molar-refractivity contribution in [3.63, 3.8) is 0 Å². The van der Waals surface area contributed by atoms with Gasteiger partial charge in [-0.3, -0.25) is 4.79 Å². The summed E-state index contributed by atoms with van der Waals surface area (Å²) in [6.07, 6.45) is -7.23. The molecule has 69 heavy (non-hydrogen) atoms. The molecule has 0 aliphatic heterocycles. The molecule has 0 radical (unpaired) electrons. The van der Waals surface area contributed by atoms with E-state index >= 15 is 0 Å². The molecule has 7 nitrogen and oxygen atoms in total. The van der Waals surface area contributed by atoms with Crippen molar-refractivity contribution in [1.82, 2.24) is 0 Å². The Kier molecular flexibility index (Phi) is 15.2. The Balaban J connectivity index is 1.24. The average Bonchev–Trinajstić information content (AvgIpc) is 3.21. The molecule has 0 aliphatic carbocycles. The van der Waals surface area contributed by atoms with Crippen LogP contribution in [0.15, 0.2) is 103 Å². The van der Waals surface area contributed by atoms with Crippen LogP contribution in [0.25, 0.3) is 44.2 Å². The summed E-state index contributed by atoms with van der Waals surface area (Å²) in [6, 6.07) is 20.9. The van der Waals surface area contributed by atoms with Crippen molar-refractivity contribution in [2.75, 3.05) is 0 Å². The van der Waals surface area contributed by atoms with Crippen LogP contribution in [0.5, 0.6) is 0 Å². The van der Waals surface area contributed by atoms with Gasteiger partial charge in [-0.1, -0.05) is 101 Å². The third-order valence-electron chi connectivity index (χ3n) is 12.4. The number of carbonyl (C=O) groups excluding carboxylic acids is 1. The Labute approximate surface area is 399 Å². The number of ether oxygens (including phenoxy) is 2. The van der Waals surface area contributed by atoms with Gasteiger partial charge in [-0.25, -0.2) is 9.59 Å². The number of aryl methyl sites for hydroxylation is 4. The van der Waals surface area contributed by atoms with Gasteiger partial charge in [0, 0.05) is 28.3 Å². The first-order chi connectivity index (χ1) is 31.9. The van der Waals surface area contributed by atoms with E-state index in [0.29, 0.717) is 60.4 Å². The monoisotopic (exact) mass is 960 g/mol. The Morgan fingerprint density at radius 3 is 1.41 bits per heavy atom. The van der Waals surface area contributed by atoms with Crippen LogP contribution in [0.1, 0.15) is 121 Å².